The number of carbonyl (C=O) groups excluding carboxylic acids is 1. The predicted octanol–water partition coefficient (Wildman–Crippen LogP) is 3.28. The molecule has 3 aromatic rings. The number of hydrogen-bond acceptors (Lipinski definition) is 4. The summed E-state index contributed by atoms with van der Waals surface area (Å²) >= 11 is 1.50. The van der Waals surface area contributed by atoms with E-state index < -0.39 is 0 Å². The minimum absolute atomic E-state index is 0.0764. The third-order valence-electron chi connectivity index (χ3n) is 4.45. The van der Waals surface area contributed by atoms with E-state index >= 15 is 0 Å². The Morgan fingerprint density at radius 2 is 1.88 bits per heavy atom. The van der Waals surface area contributed by atoms with Crippen LogP contribution in [0.3, 0.4) is 0 Å². The highest BCUT2D eigenvalue weighted by Crippen LogP contribution is 2.30. The fourth-order valence-electron chi connectivity index (χ4n) is 3.06. The average Bonchev–Trinajstić information content (AvgIpc) is 3.22. The van der Waals surface area contributed by atoms with Crippen LogP contribution < -0.4 is 0 Å². The number of thiophene rings is 1. The fourth-order valence-corrected chi connectivity index (χ4v) is 3.94. The molecule has 0 atom stereocenters. The van der Waals surface area contributed by atoms with Crippen LogP contribution in [-0.2, 0) is 13.1 Å². The topological polar surface area (TPSA) is 51.0 Å². The van der Waals surface area contributed by atoms with E-state index in [-0.39, 0.29) is 5.91 Å². The molecule has 1 amide bonds. The summed E-state index contributed by atoms with van der Waals surface area (Å²) in [6, 6.07) is 10.3. The van der Waals surface area contributed by atoms with Crippen LogP contribution in [0.15, 0.2) is 35.7 Å². The van der Waals surface area contributed by atoms with Crippen molar-refractivity contribution in [3.63, 3.8) is 0 Å². The van der Waals surface area contributed by atoms with Gasteiger partial charge in [0, 0.05) is 18.7 Å². The molecule has 24 heavy (non-hydrogen) atoms. The Labute approximate surface area is 144 Å². The molecule has 3 heterocycles. The Morgan fingerprint density at radius 3 is 2.67 bits per heavy atom. The summed E-state index contributed by atoms with van der Waals surface area (Å²) < 4.78 is 2.08. The number of aryl methyl sites for hydroxylation is 2. The highest BCUT2D eigenvalue weighted by Gasteiger charge is 2.26. The molecule has 0 saturated carbocycles. The highest BCUT2D eigenvalue weighted by molar-refractivity contribution is 7.12. The molecule has 4 rings (SSSR count). The van der Waals surface area contributed by atoms with Gasteiger partial charge in [-0.1, -0.05) is 29.8 Å². The smallest absolute Gasteiger partial charge is 0.265 e. The largest absolute Gasteiger partial charge is 0.329 e. The van der Waals surface area contributed by atoms with Crippen LogP contribution in [0.1, 0.15) is 26.9 Å². The molecule has 0 unspecified atom stereocenters. The normalized spacial score (nSPS) is 13.8. The van der Waals surface area contributed by atoms with Crippen LogP contribution in [0.5, 0.6) is 0 Å². The summed E-state index contributed by atoms with van der Waals surface area (Å²) in [5.74, 6) is 1.85. The number of rotatable bonds is 2. The summed E-state index contributed by atoms with van der Waals surface area (Å²) in [7, 11) is 0. The van der Waals surface area contributed by atoms with Crippen molar-refractivity contribution in [2.24, 2.45) is 0 Å². The van der Waals surface area contributed by atoms with Crippen LogP contribution in [0.25, 0.3) is 11.1 Å². The maximum Gasteiger partial charge on any atom is 0.265 e. The van der Waals surface area contributed by atoms with Gasteiger partial charge in [-0.25, -0.2) is 0 Å². The Kier molecular flexibility index (Phi) is 3.69. The lowest BCUT2D eigenvalue weighted by molar-refractivity contribution is 0.0712. The first-order valence-electron chi connectivity index (χ1n) is 7.96. The lowest BCUT2D eigenvalue weighted by atomic mass is 10.0. The number of fused-ring (bicyclic) bond motifs is 1. The second-order valence-corrected chi connectivity index (χ2v) is 6.99. The van der Waals surface area contributed by atoms with Crippen LogP contribution in [0, 0.1) is 13.8 Å². The second kappa shape index (κ2) is 5.87. The molecule has 6 heteroatoms. The minimum atomic E-state index is 0.0764. The average molecular weight is 338 g/mol. The van der Waals surface area contributed by atoms with Gasteiger partial charge in [-0.2, -0.15) is 0 Å². The summed E-state index contributed by atoms with van der Waals surface area (Å²) in [5.41, 5.74) is 3.31. The molecule has 5 nitrogen and oxygen atoms in total. The molecule has 0 bridgehead atoms. The van der Waals surface area contributed by atoms with Crippen molar-refractivity contribution >= 4 is 17.2 Å². The minimum Gasteiger partial charge on any atom is -0.329 e. The first-order chi connectivity index (χ1) is 11.6. The second-order valence-electron chi connectivity index (χ2n) is 6.07. The molecule has 1 aliphatic rings. The van der Waals surface area contributed by atoms with Crippen LogP contribution in [-0.4, -0.2) is 32.1 Å². The van der Waals surface area contributed by atoms with Gasteiger partial charge >= 0.3 is 0 Å². The van der Waals surface area contributed by atoms with Crippen molar-refractivity contribution in [1.29, 1.82) is 0 Å². The quantitative estimate of drug-likeness (QED) is 0.720. The summed E-state index contributed by atoms with van der Waals surface area (Å²) in [4.78, 5) is 15.7. The van der Waals surface area contributed by atoms with Gasteiger partial charge < -0.3 is 9.47 Å². The van der Waals surface area contributed by atoms with E-state index in [1.807, 2.05) is 23.3 Å². The lowest BCUT2D eigenvalue weighted by Crippen LogP contribution is -2.38. The number of carbonyl (C=O) groups is 1. The first-order valence-corrected chi connectivity index (χ1v) is 8.84. The Morgan fingerprint density at radius 1 is 1.08 bits per heavy atom. The number of aromatic nitrogens is 3. The zero-order chi connectivity index (χ0) is 16.7. The van der Waals surface area contributed by atoms with E-state index in [9.17, 15) is 4.79 Å². The molecule has 0 aliphatic carbocycles. The molecule has 122 valence electrons. The van der Waals surface area contributed by atoms with Gasteiger partial charge in [-0.05, 0) is 30.9 Å². The third-order valence-corrected chi connectivity index (χ3v) is 5.35. The van der Waals surface area contributed by atoms with Crippen molar-refractivity contribution < 1.29 is 4.79 Å². The maximum atomic E-state index is 13.0. The van der Waals surface area contributed by atoms with E-state index in [1.54, 1.807) is 0 Å². The first kappa shape index (κ1) is 15.1. The van der Waals surface area contributed by atoms with Crippen molar-refractivity contribution in [2.75, 3.05) is 6.54 Å². The third kappa shape index (κ3) is 2.53. The van der Waals surface area contributed by atoms with Gasteiger partial charge in [-0.15, -0.1) is 21.5 Å². The molecule has 1 aromatic carbocycles. The number of nitrogens with zero attached hydrogens (tertiary/aromatic N) is 4. The molecule has 0 saturated heterocycles. The fraction of sp³-hybridized carbons (Fsp3) is 0.278. The molecule has 0 radical (unpaired) electrons. The van der Waals surface area contributed by atoms with Crippen LogP contribution in [0.2, 0.25) is 0 Å². The molecule has 2 aromatic heterocycles. The van der Waals surface area contributed by atoms with Gasteiger partial charge in [0.2, 0.25) is 0 Å². The monoisotopic (exact) mass is 338 g/mol. The van der Waals surface area contributed by atoms with Crippen LogP contribution >= 0.6 is 11.3 Å². The summed E-state index contributed by atoms with van der Waals surface area (Å²) in [6.07, 6.45) is 0. The number of amides is 1. The van der Waals surface area contributed by atoms with Gasteiger partial charge in [0.15, 0.2) is 5.82 Å². The lowest BCUT2D eigenvalue weighted by Gasteiger charge is -2.27. The predicted molar refractivity (Wildman–Crippen MR) is 94.0 cm³/mol. The van der Waals surface area contributed by atoms with Crippen molar-refractivity contribution in [3.8, 4) is 11.1 Å². The SMILES string of the molecule is Cc1ccc(-c2ccsc2C(=O)N2CCn3c(C)nnc3C2)cc1. The molecule has 0 N–H and O–H groups in total. The van der Waals surface area contributed by atoms with Gasteiger partial charge in [0.25, 0.3) is 5.91 Å². The zero-order valence-corrected chi connectivity index (χ0v) is 14.5. The van der Waals surface area contributed by atoms with Gasteiger partial charge in [0.05, 0.1) is 11.4 Å². The summed E-state index contributed by atoms with van der Waals surface area (Å²) in [5, 5.41) is 10.3. The van der Waals surface area contributed by atoms with E-state index in [0.29, 0.717) is 13.1 Å². The van der Waals surface area contributed by atoms with E-state index in [0.717, 1.165) is 34.2 Å². The Hall–Kier alpha value is -2.47. The molecular formula is C18H18N4OS. The molecular weight excluding hydrogens is 320 g/mol. The van der Waals surface area contributed by atoms with E-state index in [4.69, 9.17) is 0 Å². The van der Waals surface area contributed by atoms with E-state index in [2.05, 4.69) is 46.0 Å². The zero-order valence-electron chi connectivity index (χ0n) is 13.7. The highest BCUT2D eigenvalue weighted by atomic mass is 32.1. The number of hydrogen-bond donors (Lipinski definition) is 0. The standard InChI is InChI=1S/C18H18N4OS/c1-12-3-5-14(6-4-12)15-7-10-24-17(15)18(23)21-8-9-22-13(2)19-20-16(22)11-21/h3-7,10H,8-9,11H2,1-2H3. The molecule has 0 spiro atoms. The van der Waals surface area contributed by atoms with Crippen molar-refractivity contribution in [3.05, 3.63) is 57.8 Å². The van der Waals surface area contributed by atoms with Crippen LogP contribution in [0.4, 0.5) is 0 Å². The van der Waals surface area contributed by atoms with Crippen molar-refractivity contribution in [2.45, 2.75) is 26.9 Å². The number of benzene rings is 1. The van der Waals surface area contributed by atoms with Gasteiger partial charge in [0.1, 0.15) is 5.82 Å². The molecule has 1 aliphatic heterocycles. The molecule has 0 fully saturated rings. The maximum absolute atomic E-state index is 13.0. The van der Waals surface area contributed by atoms with E-state index in [1.165, 1.54) is 16.9 Å². The summed E-state index contributed by atoms with van der Waals surface area (Å²) in [6.45, 7) is 5.98. The van der Waals surface area contributed by atoms with Crippen molar-refractivity contribution in [1.82, 2.24) is 19.7 Å². The van der Waals surface area contributed by atoms with Gasteiger partial charge in [-0.3, -0.25) is 4.79 Å². The Balaban J connectivity index is 1.62. The Bertz CT molecular complexity index is 894.